The molecule has 5 nitrogen and oxygen atoms in total. The summed E-state index contributed by atoms with van der Waals surface area (Å²) < 4.78 is 17.7. The summed E-state index contributed by atoms with van der Waals surface area (Å²) in [6, 6.07) is 5.24. The van der Waals surface area contributed by atoms with Crippen LogP contribution in [0, 0.1) is 17.7 Å². The molecule has 0 bridgehead atoms. The van der Waals surface area contributed by atoms with Gasteiger partial charge in [-0.25, -0.2) is 4.39 Å². The van der Waals surface area contributed by atoms with Gasteiger partial charge in [-0.1, -0.05) is 19.1 Å². The number of hydrogen-bond acceptors (Lipinski definition) is 4. The average molecular weight is 345 g/mol. The van der Waals surface area contributed by atoms with Crippen molar-refractivity contribution in [2.24, 2.45) is 11.8 Å². The Balaban J connectivity index is 0.00000264. The van der Waals surface area contributed by atoms with Crippen molar-refractivity contribution in [3.8, 4) is 0 Å². The molecule has 23 heavy (non-hydrogen) atoms. The van der Waals surface area contributed by atoms with E-state index >= 15 is 0 Å². The number of rotatable bonds is 6. The summed E-state index contributed by atoms with van der Waals surface area (Å²) in [5.74, 6) is -0.716. The van der Waals surface area contributed by atoms with E-state index in [1.807, 2.05) is 6.92 Å². The fraction of sp³-hybridized carbons (Fsp3) is 0.500. The van der Waals surface area contributed by atoms with Gasteiger partial charge in [0, 0.05) is 5.92 Å². The molecule has 2 N–H and O–H groups in total. The summed E-state index contributed by atoms with van der Waals surface area (Å²) in [7, 11) is 1.30. The van der Waals surface area contributed by atoms with Gasteiger partial charge >= 0.3 is 5.97 Å². The molecule has 1 aliphatic heterocycles. The van der Waals surface area contributed by atoms with Crippen molar-refractivity contribution in [3.63, 3.8) is 0 Å². The largest absolute Gasteiger partial charge is 0.469 e. The molecule has 1 heterocycles. The second-order valence-electron chi connectivity index (χ2n) is 5.60. The lowest BCUT2D eigenvalue weighted by Gasteiger charge is -2.32. The van der Waals surface area contributed by atoms with Gasteiger partial charge in [-0.2, -0.15) is 0 Å². The van der Waals surface area contributed by atoms with Crippen molar-refractivity contribution >= 4 is 24.3 Å². The molecule has 7 heteroatoms. The summed E-state index contributed by atoms with van der Waals surface area (Å²) in [6.07, 6.45) is 0.0174. The summed E-state index contributed by atoms with van der Waals surface area (Å²) in [6.45, 7) is 3.53. The highest BCUT2D eigenvalue weighted by Crippen LogP contribution is 2.21. The number of hydrogen-bond donors (Lipinski definition) is 2. The topological polar surface area (TPSA) is 67.4 Å². The van der Waals surface area contributed by atoms with Gasteiger partial charge in [-0.05, 0) is 36.7 Å². The van der Waals surface area contributed by atoms with Gasteiger partial charge in [0.15, 0.2) is 0 Å². The lowest BCUT2D eigenvalue weighted by Crippen LogP contribution is -2.50. The van der Waals surface area contributed by atoms with Crippen LogP contribution in [-0.2, 0) is 14.3 Å². The molecule has 0 aliphatic carbocycles. The summed E-state index contributed by atoms with van der Waals surface area (Å²) in [4.78, 5) is 23.9. The van der Waals surface area contributed by atoms with Crippen LogP contribution >= 0.6 is 12.4 Å². The fourth-order valence-corrected chi connectivity index (χ4v) is 2.38. The van der Waals surface area contributed by atoms with E-state index in [2.05, 4.69) is 15.4 Å². The van der Waals surface area contributed by atoms with Crippen LogP contribution in [0.2, 0.25) is 0 Å². The summed E-state index contributed by atoms with van der Waals surface area (Å²) in [5, 5.41) is 6.01. The van der Waals surface area contributed by atoms with E-state index in [0.717, 1.165) is 13.1 Å². The summed E-state index contributed by atoms with van der Waals surface area (Å²) >= 11 is 0. The minimum atomic E-state index is -0.518. The number of methoxy groups -OCH3 is 1. The van der Waals surface area contributed by atoms with Crippen LogP contribution in [0.3, 0.4) is 0 Å². The number of halogens is 2. The van der Waals surface area contributed by atoms with Crippen LogP contribution in [-0.4, -0.2) is 32.1 Å². The van der Waals surface area contributed by atoms with Gasteiger partial charge in [0.1, 0.15) is 5.82 Å². The van der Waals surface area contributed by atoms with Gasteiger partial charge in [0.25, 0.3) is 0 Å². The zero-order chi connectivity index (χ0) is 16.1. The molecule has 1 aromatic rings. The standard InChI is InChI=1S/C16H21FN2O3.ClH/c1-10(12-8-18-9-12)16(21)19-14(7-15(20)22-2)11-3-5-13(17)6-4-11;/h3-6,10,12,14,18H,7-9H2,1-2H3,(H,19,21);1H. The third kappa shape index (κ3) is 5.18. The van der Waals surface area contributed by atoms with E-state index < -0.39 is 12.0 Å². The maximum absolute atomic E-state index is 13.0. The van der Waals surface area contributed by atoms with Crippen LogP contribution in [0.5, 0.6) is 0 Å². The first-order valence-corrected chi connectivity index (χ1v) is 7.34. The Labute approximate surface area is 141 Å². The van der Waals surface area contributed by atoms with Crippen molar-refractivity contribution in [2.75, 3.05) is 20.2 Å². The molecule has 0 radical (unpaired) electrons. The van der Waals surface area contributed by atoms with E-state index in [1.54, 1.807) is 12.1 Å². The number of amides is 1. The van der Waals surface area contributed by atoms with Crippen LogP contribution < -0.4 is 10.6 Å². The Morgan fingerprint density at radius 1 is 1.35 bits per heavy atom. The summed E-state index contributed by atoms with van der Waals surface area (Å²) in [5.41, 5.74) is 0.680. The molecule has 1 aliphatic rings. The number of carbonyl (C=O) groups excluding carboxylic acids is 2. The van der Waals surface area contributed by atoms with Crippen molar-refractivity contribution in [2.45, 2.75) is 19.4 Å². The van der Waals surface area contributed by atoms with Crippen molar-refractivity contribution in [1.29, 1.82) is 0 Å². The van der Waals surface area contributed by atoms with E-state index in [9.17, 15) is 14.0 Å². The van der Waals surface area contributed by atoms with E-state index in [0.29, 0.717) is 11.5 Å². The van der Waals surface area contributed by atoms with Gasteiger partial charge < -0.3 is 15.4 Å². The number of carbonyl (C=O) groups is 2. The minimum absolute atomic E-state index is 0. The highest BCUT2D eigenvalue weighted by Gasteiger charge is 2.30. The van der Waals surface area contributed by atoms with E-state index in [-0.39, 0.29) is 36.5 Å². The molecular weight excluding hydrogens is 323 g/mol. The molecule has 128 valence electrons. The quantitative estimate of drug-likeness (QED) is 0.773. The molecule has 2 unspecified atom stereocenters. The first-order chi connectivity index (χ1) is 10.5. The maximum Gasteiger partial charge on any atom is 0.307 e. The number of nitrogens with one attached hydrogen (secondary N) is 2. The molecule has 0 saturated carbocycles. The van der Waals surface area contributed by atoms with Crippen LogP contribution in [0.25, 0.3) is 0 Å². The lowest BCUT2D eigenvalue weighted by atomic mass is 9.88. The first-order valence-electron chi connectivity index (χ1n) is 7.34. The van der Waals surface area contributed by atoms with Crippen molar-refractivity contribution < 1.29 is 18.7 Å². The smallest absolute Gasteiger partial charge is 0.307 e. The Morgan fingerprint density at radius 2 is 1.96 bits per heavy atom. The molecule has 1 amide bonds. The molecule has 1 saturated heterocycles. The number of ether oxygens (including phenoxy) is 1. The van der Waals surface area contributed by atoms with E-state index in [1.165, 1.54) is 19.2 Å². The molecule has 0 aromatic heterocycles. The van der Waals surface area contributed by atoms with Crippen molar-refractivity contribution in [3.05, 3.63) is 35.6 Å². The SMILES string of the molecule is COC(=O)CC(NC(=O)C(C)C1CNC1)c1ccc(F)cc1.Cl. The highest BCUT2D eigenvalue weighted by molar-refractivity contribution is 5.85. The average Bonchev–Trinajstić information content (AvgIpc) is 2.45. The number of benzene rings is 1. The fourth-order valence-electron chi connectivity index (χ4n) is 2.38. The zero-order valence-electron chi connectivity index (χ0n) is 13.2. The van der Waals surface area contributed by atoms with Gasteiger partial charge in [0.2, 0.25) is 5.91 Å². The third-order valence-electron chi connectivity index (χ3n) is 4.12. The zero-order valence-corrected chi connectivity index (χ0v) is 14.0. The van der Waals surface area contributed by atoms with Crippen LogP contribution in [0.4, 0.5) is 4.39 Å². The Hall–Kier alpha value is -1.66. The minimum Gasteiger partial charge on any atom is -0.469 e. The Morgan fingerprint density at radius 3 is 2.43 bits per heavy atom. The second kappa shape index (κ2) is 8.84. The van der Waals surface area contributed by atoms with Gasteiger partial charge in [-0.3, -0.25) is 9.59 Å². The first kappa shape index (κ1) is 19.4. The Kier molecular flexibility index (Phi) is 7.45. The molecule has 0 spiro atoms. The van der Waals surface area contributed by atoms with Gasteiger partial charge in [-0.15, -0.1) is 12.4 Å². The molecule has 1 fully saturated rings. The molecule has 2 atom stereocenters. The second-order valence-corrected chi connectivity index (χ2v) is 5.60. The normalized spacial score (nSPS) is 16.5. The molecular formula is C16H22ClFN2O3. The van der Waals surface area contributed by atoms with Crippen LogP contribution in [0.15, 0.2) is 24.3 Å². The molecule has 1 aromatic carbocycles. The van der Waals surface area contributed by atoms with Crippen molar-refractivity contribution in [1.82, 2.24) is 10.6 Å². The lowest BCUT2D eigenvalue weighted by molar-refractivity contribution is -0.141. The monoisotopic (exact) mass is 344 g/mol. The maximum atomic E-state index is 13.0. The number of esters is 1. The van der Waals surface area contributed by atoms with Crippen LogP contribution in [0.1, 0.15) is 24.9 Å². The highest BCUT2D eigenvalue weighted by atomic mass is 35.5. The van der Waals surface area contributed by atoms with Gasteiger partial charge in [0.05, 0.1) is 19.6 Å². The Bertz CT molecular complexity index is 535. The predicted octanol–water partition coefficient (Wildman–Crippen LogP) is 1.82. The molecule has 2 rings (SSSR count). The predicted molar refractivity (Wildman–Crippen MR) is 86.7 cm³/mol. The third-order valence-corrected chi connectivity index (χ3v) is 4.12. The van der Waals surface area contributed by atoms with E-state index in [4.69, 9.17) is 0 Å².